The third kappa shape index (κ3) is 2.50. The van der Waals surface area contributed by atoms with Crippen LogP contribution in [0.2, 0.25) is 0 Å². The smallest absolute Gasteiger partial charge is 0.185 e. The van der Waals surface area contributed by atoms with Gasteiger partial charge in [-0.3, -0.25) is 9.48 Å². The summed E-state index contributed by atoms with van der Waals surface area (Å²) in [4.78, 5) is 10.8. The molecule has 0 aliphatic carbocycles. The van der Waals surface area contributed by atoms with E-state index in [-0.39, 0.29) is 11.6 Å². The Morgan fingerprint density at radius 1 is 1.04 bits per heavy atom. The minimum absolute atomic E-state index is 0.262. The predicted molar refractivity (Wildman–Crippen MR) is 88.3 cm³/mol. The number of benzene rings is 2. The predicted octanol–water partition coefficient (Wildman–Crippen LogP) is 4.30. The van der Waals surface area contributed by atoms with Gasteiger partial charge in [-0.2, -0.15) is 5.10 Å². The zero-order valence-corrected chi connectivity index (χ0v) is 12.6. The van der Waals surface area contributed by atoms with Crippen LogP contribution in [0.3, 0.4) is 0 Å². The molecule has 0 unspecified atom stereocenters. The van der Waals surface area contributed by atoms with E-state index in [1.165, 1.54) is 12.1 Å². The van der Waals surface area contributed by atoms with Gasteiger partial charge < -0.3 is 4.42 Å². The minimum Gasteiger partial charge on any atom is -0.452 e. The first-order chi connectivity index (χ1) is 11.7. The number of hydrogen-bond donors (Lipinski definition) is 0. The number of furan rings is 1. The van der Waals surface area contributed by atoms with Crippen LogP contribution in [0.15, 0.2) is 65.1 Å². The summed E-state index contributed by atoms with van der Waals surface area (Å²) in [7, 11) is 0. The maximum Gasteiger partial charge on any atom is 0.185 e. The van der Waals surface area contributed by atoms with E-state index in [4.69, 9.17) is 4.42 Å². The molecule has 2 aromatic heterocycles. The number of aldehydes is 1. The Hall–Kier alpha value is -3.21. The number of carbonyl (C=O) groups is 1. The second-order valence-electron chi connectivity index (χ2n) is 5.47. The van der Waals surface area contributed by atoms with Crippen molar-refractivity contribution in [2.45, 2.75) is 6.54 Å². The second kappa shape index (κ2) is 5.77. The summed E-state index contributed by atoms with van der Waals surface area (Å²) in [6, 6.07) is 17.5. The average Bonchev–Trinajstić information content (AvgIpc) is 3.22. The van der Waals surface area contributed by atoms with Crippen LogP contribution < -0.4 is 0 Å². The van der Waals surface area contributed by atoms with Gasteiger partial charge in [0.2, 0.25) is 0 Å². The summed E-state index contributed by atoms with van der Waals surface area (Å²) in [5.41, 5.74) is 2.57. The zero-order valence-electron chi connectivity index (χ0n) is 12.6. The van der Waals surface area contributed by atoms with Crippen molar-refractivity contribution in [2.24, 2.45) is 0 Å². The SMILES string of the molecule is O=Cc1ccc(-c2nn(Cc3ccc(F)cc3)c3ccccc23)o1. The molecule has 0 fully saturated rings. The summed E-state index contributed by atoms with van der Waals surface area (Å²) in [5.74, 6) is 0.551. The summed E-state index contributed by atoms with van der Waals surface area (Å²) in [6.07, 6.45) is 0.668. The van der Waals surface area contributed by atoms with Crippen LogP contribution in [0.25, 0.3) is 22.4 Å². The molecule has 0 amide bonds. The van der Waals surface area contributed by atoms with Gasteiger partial charge in [0.25, 0.3) is 0 Å². The third-order valence-corrected chi connectivity index (χ3v) is 3.88. The largest absolute Gasteiger partial charge is 0.452 e. The Morgan fingerprint density at radius 2 is 1.83 bits per heavy atom. The topological polar surface area (TPSA) is 48.0 Å². The lowest BCUT2D eigenvalue weighted by atomic mass is 10.2. The molecule has 4 aromatic rings. The van der Waals surface area contributed by atoms with Crippen molar-refractivity contribution in [3.05, 3.63) is 77.8 Å². The maximum absolute atomic E-state index is 13.1. The Morgan fingerprint density at radius 3 is 2.58 bits per heavy atom. The normalized spacial score (nSPS) is 11.0. The van der Waals surface area contributed by atoms with Crippen LogP contribution in [0, 0.1) is 5.82 Å². The first kappa shape index (κ1) is 14.4. The Bertz CT molecular complexity index is 1020. The molecule has 0 radical (unpaired) electrons. The molecule has 24 heavy (non-hydrogen) atoms. The van der Waals surface area contributed by atoms with Crippen molar-refractivity contribution < 1.29 is 13.6 Å². The fourth-order valence-corrected chi connectivity index (χ4v) is 2.74. The Kier molecular flexibility index (Phi) is 3.46. The van der Waals surface area contributed by atoms with E-state index in [0.29, 0.717) is 24.3 Å². The van der Waals surface area contributed by atoms with E-state index in [0.717, 1.165) is 16.5 Å². The van der Waals surface area contributed by atoms with Crippen molar-refractivity contribution in [3.63, 3.8) is 0 Å². The molecule has 2 aromatic carbocycles. The van der Waals surface area contributed by atoms with Gasteiger partial charge in [-0.05, 0) is 35.9 Å². The van der Waals surface area contributed by atoms with Gasteiger partial charge in [-0.1, -0.05) is 30.3 Å². The highest BCUT2D eigenvalue weighted by Crippen LogP contribution is 2.29. The van der Waals surface area contributed by atoms with Gasteiger partial charge in [0.15, 0.2) is 17.8 Å². The van der Waals surface area contributed by atoms with Crippen molar-refractivity contribution in [3.8, 4) is 11.5 Å². The number of nitrogens with zero attached hydrogens (tertiary/aromatic N) is 2. The molecule has 4 nitrogen and oxygen atoms in total. The van der Waals surface area contributed by atoms with Gasteiger partial charge in [-0.15, -0.1) is 0 Å². The fourth-order valence-electron chi connectivity index (χ4n) is 2.74. The van der Waals surface area contributed by atoms with E-state index in [1.54, 1.807) is 24.3 Å². The van der Waals surface area contributed by atoms with Gasteiger partial charge in [0, 0.05) is 5.39 Å². The molecule has 118 valence electrons. The molecule has 0 bridgehead atoms. The quantitative estimate of drug-likeness (QED) is 0.527. The lowest BCUT2D eigenvalue weighted by molar-refractivity contribution is 0.110. The number of hydrogen-bond acceptors (Lipinski definition) is 3. The molecule has 0 atom stereocenters. The number of fused-ring (bicyclic) bond motifs is 1. The number of rotatable bonds is 4. The maximum atomic E-state index is 13.1. The number of aromatic nitrogens is 2. The molecule has 2 heterocycles. The second-order valence-corrected chi connectivity index (χ2v) is 5.47. The lowest BCUT2D eigenvalue weighted by Gasteiger charge is -2.03. The van der Waals surface area contributed by atoms with E-state index in [9.17, 15) is 9.18 Å². The Balaban J connectivity index is 1.81. The van der Waals surface area contributed by atoms with Crippen LogP contribution in [0.1, 0.15) is 16.1 Å². The van der Waals surface area contributed by atoms with Crippen LogP contribution in [0.5, 0.6) is 0 Å². The fraction of sp³-hybridized carbons (Fsp3) is 0.0526. The van der Waals surface area contributed by atoms with E-state index in [2.05, 4.69) is 5.10 Å². The zero-order chi connectivity index (χ0) is 16.5. The summed E-state index contributed by atoms with van der Waals surface area (Å²) < 4.78 is 20.4. The minimum atomic E-state index is -0.262. The van der Waals surface area contributed by atoms with E-state index in [1.807, 2.05) is 28.9 Å². The van der Waals surface area contributed by atoms with Crippen LogP contribution >= 0.6 is 0 Å². The molecule has 0 aliphatic rings. The van der Waals surface area contributed by atoms with Crippen molar-refractivity contribution >= 4 is 17.2 Å². The number of halogens is 1. The molecule has 0 N–H and O–H groups in total. The Labute approximate surface area is 137 Å². The molecule has 0 saturated heterocycles. The van der Waals surface area contributed by atoms with Gasteiger partial charge >= 0.3 is 0 Å². The van der Waals surface area contributed by atoms with Crippen LogP contribution in [-0.2, 0) is 6.54 Å². The average molecular weight is 320 g/mol. The summed E-state index contributed by atoms with van der Waals surface area (Å²) >= 11 is 0. The number of para-hydroxylation sites is 1. The molecular weight excluding hydrogens is 307 g/mol. The van der Waals surface area contributed by atoms with Crippen molar-refractivity contribution in [1.29, 1.82) is 0 Å². The highest BCUT2D eigenvalue weighted by Gasteiger charge is 2.15. The van der Waals surface area contributed by atoms with E-state index < -0.39 is 0 Å². The van der Waals surface area contributed by atoms with Gasteiger partial charge in [-0.25, -0.2) is 4.39 Å². The molecule has 0 saturated carbocycles. The van der Waals surface area contributed by atoms with Gasteiger partial charge in [0.05, 0.1) is 12.1 Å². The van der Waals surface area contributed by atoms with Gasteiger partial charge in [0.1, 0.15) is 11.5 Å². The summed E-state index contributed by atoms with van der Waals surface area (Å²) in [5, 5.41) is 5.57. The molecule has 4 rings (SSSR count). The summed E-state index contributed by atoms with van der Waals surface area (Å²) in [6.45, 7) is 0.516. The number of carbonyl (C=O) groups excluding carboxylic acids is 1. The monoisotopic (exact) mass is 320 g/mol. The van der Waals surface area contributed by atoms with Crippen LogP contribution in [-0.4, -0.2) is 16.1 Å². The molecule has 0 spiro atoms. The highest BCUT2D eigenvalue weighted by molar-refractivity contribution is 5.92. The first-order valence-electron chi connectivity index (χ1n) is 7.50. The third-order valence-electron chi connectivity index (χ3n) is 3.88. The van der Waals surface area contributed by atoms with Crippen molar-refractivity contribution in [1.82, 2.24) is 9.78 Å². The lowest BCUT2D eigenvalue weighted by Crippen LogP contribution is -2.01. The standard InChI is InChI=1S/C19H13FN2O2/c20-14-7-5-13(6-8-14)11-22-17-4-2-1-3-16(17)19(21-22)18-10-9-15(12-23)24-18/h1-10,12H,11H2. The molecule has 0 aliphatic heterocycles. The highest BCUT2D eigenvalue weighted by atomic mass is 19.1. The van der Waals surface area contributed by atoms with Crippen LogP contribution in [0.4, 0.5) is 4.39 Å². The molecule has 5 heteroatoms. The van der Waals surface area contributed by atoms with E-state index >= 15 is 0 Å². The van der Waals surface area contributed by atoms with Crippen molar-refractivity contribution in [2.75, 3.05) is 0 Å². The first-order valence-corrected chi connectivity index (χ1v) is 7.50. The molecular formula is C19H13FN2O2.